The maximum absolute atomic E-state index is 2.48. The third-order valence-corrected chi connectivity index (χ3v) is 12.1. The van der Waals surface area contributed by atoms with E-state index in [1.54, 1.807) is 0 Å². The predicted octanol–water partition coefficient (Wildman–Crippen LogP) is 14.1. The summed E-state index contributed by atoms with van der Waals surface area (Å²) in [7, 11) is 0. The Morgan fingerprint density at radius 1 is 0.358 bits per heavy atom. The Kier molecular flexibility index (Phi) is 6.76. The van der Waals surface area contributed by atoms with Gasteiger partial charge in [-0.3, -0.25) is 0 Å². The smallest absolute Gasteiger partial charge is 0.0641 e. The van der Waals surface area contributed by atoms with Crippen molar-refractivity contribution in [3.8, 4) is 44.8 Å². The van der Waals surface area contributed by atoms with Crippen molar-refractivity contribution in [1.82, 2.24) is 9.13 Å². The average molecular weight is 693 g/mol. The number of rotatable bonds is 5. The van der Waals surface area contributed by atoms with Crippen molar-refractivity contribution in [2.45, 2.75) is 0 Å². The van der Waals surface area contributed by atoms with Crippen LogP contribution in [-0.4, -0.2) is 9.13 Å². The van der Waals surface area contributed by atoms with Gasteiger partial charge in [-0.1, -0.05) is 146 Å². The Hall–Kier alpha value is -6.68. The van der Waals surface area contributed by atoms with Crippen molar-refractivity contribution in [3.63, 3.8) is 0 Å². The fraction of sp³-hybridized carbons (Fsp3) is 0. The number of thiophene rings is 1. The maximum Gasteiger partial charge on any atom is 0.0641 e. The Balaban J connectivity index is 1.13. The van der Waals surface area contributed by atoms with E-state index in [-0.39, 0.29) is 0 Å². The lowest BCUT2D eigenvalue weighted by Crippen LogP contribution is -1.96. The topological polar surface area (TPSA) is 9.86 Å². The number of para-hydroxylation sites is 2. The van der Waals surface area contributed by atoms with Gasteiger partial charge in [-0.25, -0.2) is 0 Å². The van der Waals surface area contributed by atoms with E-state index in [4.69, 9.17) is 0 Å². The van der Waals surface area contributed by atoms with Crippen LogP contribution in [0.5, 0.6) is 0 Å². The van der Waals surface area contributed by atoms with Gasteiger partial charge >= 0.3 is 0 Å². The molecule has 0 aliphatic rings. The van der Waals surface area contributed by atoms with Crippen molar-refractivity contribution < 1.29 is 0 Å². The number of aromatic nitrogens is 2. The monoisotopic (exact) mass is 692 g/mol. The lowest BCUT2D eigenvalue weighted by Gasteiger charge is -2.13. The SMILES string of the molecule is c1ccc(-c2cccc3c2sc2c(-c4ccc(-n5c6ccccc6c6c(-c7ccccc7)cc7c(ccn7-c7ccccc7)c65)cc4)cccc23)cc1. The molecule has 0 aliphatic carbocycles. The minimum absolute atomic E-state index is 1.15. The molecule has 0 aliphatic heterocycles. The van der Waals surface area contributed by atoms with Crippen molar-refractivity contribution in [1.29, 1.82) is 0 Å². The number of hydrogen-bond donors (Lipinski definition) is 0. The standard InChI is InChI=1S/C50H32N2S/c1-4-14-33(15-5-1)38-21-12-23-40-41-24-13-22-39(50(41)53-49(38)40)35-26-28-37(29-27-35)52-45-25-11-10-20-42(45)47-44(34-16-6-2-7-17-34)32-46-43(48(47)52)30-31-51(46)36-18-8-3-9-19-36/h1-32H. The molecule has 0 fully saturated rings. The molecule has 11 rings (SSSR count). The van der Waals surface area contributed by atoms with Gasteiger partial charge < -0.3 is 9.13 Å². The highest BCUT2D eigenvalue weighted by Gasteiger charge is 2.21. The predicted molar refractivity (Wildman–Crippen MR) is 227 cm³/mol. The molecule has 0 N–H and O–H groups in total. The van der Waals surface area contributed by atoms with Crippen LogP contribution in [0, 0.1) is 0 Å². The van der Waals surface area contributed by atoms with E-state index >= 15 is 0 Å². The molecule has 3 heterocycles. The molecule has 0 atom stereocenters. The summed E-state index contributed by atoms with van der Waals surface area (Å²) < 4.78 is 7.46. The molecule has 2 nitrogen and oxygen atoms in total. The van der Waals surface area contributed by atoms with Crippen LogP contribution in [0.4, 0.5) is 0 Å². The van der Waals surface area contributed by atoms with Gasteiger partial charge in [0.2, 0.25) is 0 Å². The summed E-state index contributed by atoms with van der Waals surface area (Å²) in [6, 6.07) is 68.5. The molecule has 8 aromatic carbocycles. The van der Waals surface area contributed by atoms with Gasteiger partial charge in [-0.05, 0) is 75.8 Å². The highest BCUT2D eigenvalue weighted by Crippen LogP contribution is 2.46. The zero-order chi connectivity index (χ0) is 34.9. The first kappa shape index (κ1) is 30.0. The summed E-state index contributed by atoms with van der Waals surface area (Å²) in [5.74, 6) is 0. The normalized spacial score (nSPS) is 11.8. The summed E-state index contributed by atoms with van der Waals surface area (Å²) >= 11 is 1.90. The zero-order valence-electron chi connectivity index (χ0n) is 28.8. The molecule has 0 unspecified atom stereocenters. The molecular weight excluding hydrogens is 661 g/mol. The van der Waals surface area contributed by atoms with Crippen LogP contribution < -0.4 is 0 Å². The summed E-state index contributed by atoms with van der Waals surface area (Å²) in [6.45, 7) is 0. The number of benzene rings is 8. The van der Waals surface area contributed by atoms with Crippen molar-refractivity contribution in [2.75, 3.05) is 0 Å². The molecule has 3 heteroatoms. The molecular formula is C50H32N2S. The first-order chi connectivity index (χ1) is 26.3. The summed E-state index contributed by atoms with van der Waals surface area (Å²) in [5.41, 5.74) is 13.4. The van der Waals surface area contributed by atoms with Gasteiger partial charge in [0.25, 0.3) is 0 Å². The molecule has 0 bridgehead atoms. The minimum Gasteiger partial charge on any atom is -0.316 e. The first-order valence-corrected chi connectivity index (χ1v) is 18.9. The van der Waals surface area contributed by atoms with Crippen LogP contribution in [0.3, 0.4) is 0 Å². The van der Waals surface area contributed by atoms with Crippen LogP contribution in [0.1, 0.15) is 0 Å². The molecule has 11 aromatic rings. The highest BCUT2D eigenvalue weighted by molar-refractivity contribution is 7.26. The average Bonchev–Trinajstić information content (AvgIpc) is 3.94. The second kappa shape index (κ2) is 11.9. The Bertz CT molecular complexity index is 3130. The van der Waals surface area contributed by atoms with E-state index < -0.39 is 0 Å². The molecule has 0 amide bonds. The maximum atomic E-state index is 2.48. The molecule has 0 saturated carbocycles. The fourth-order valence-corrected chi connectivity index (χ4v) is 9.75. The van der Waals surface area contributed by atoms with E-state index in [0.29, 0.717) is 0 Å². The summed E-state index contributed by atoms with van der Waals surface area (Å²) in [4.78, 5) is 0. The lowest BCUT2D eigenvalue weighted by molar-refractivity contribution is 1.13. The van der Waals surface area contributed by atoms with Crippen molar-refractivity contribution >= 4 is 64.2 Å². The fourth-order valence-electron chi connectivity index (χ4n) is 8.38. The van der Waals surface area contributed by atoms with E-state index in [2.05, 4.69) is 203 Å². The van der Waals surface area contributed by atoms with Gasteiger partial charge in [0, 0.05) is 53.9 Å². The second-order valence-electron chi connectivity index (χ2n) is 13.7. The van der Waals surface area contributed by atoms with Crippen LogP contribution in [0.15, 0.2) is 194 Å². The molecule has 3 aromatic heterocycles. The third kappa shape index (κ3) is 4.64. The van der Waals surface area contributed by atoms with Crippen molar-refractivity contribution in [2.24, 2.45) is 0 Å². The largest absolute Gasteiger partial charge is 0.316 e. The van der Waals surface area contributed by atoms with E-state index in [1.807, 2.05) is 11.3 Å². The van der Waals surface area contributed by atoms with Crippen molar-refractivity contribution in [3.05, 3.63) is 194 Å². The van der Waals surface area contributed by atoms with E-state index in [0.717, 1.165) is 11.4 Å². The summed E-state index contributed by atoms with van der Waals surface area (Å²) in [6.07, 6.45) is 2.22. The number of nitrogens with zero attached hydrogens (tertiary/aromatic N) is 2. The van der Waals surface area contributed by atoms with Gasteiger partial charge in [0.05, 0.1) is 16.6 Å². The number of fused-ring (bicyclic) bond motifs is 8. The Morgan fingerprint density at radius 3 is 1.57 bits per heavy atom. The van der Waals surface area contributed by atoms with Crippen LogP contribution >= 0.6 is 11.3 Å². The Morgan fingerprint density at radius 2 is 0.906 bits per heavy atom. The van der Waals surface area contributed by atoms with Gasteiger partial charge in [0.1, 0.15) is 0 Å². The first-order valence-electron chi connectivity index (χ1n) is 18.1. The molecule has 53 heavy (non-hydrogen) atoms. The second-order valence-corrected chi connectivity index (χ2v) is 14.7. The molecule has 0 radical (unpaired) electrons. The molecule has 0 saturated heterocycles. The van der Waals surface area contributed by atoms with E-state index in [9.17, 15) is 0 Å². The van der Waals surface area contributed by atoms with Gasteiger partial charge in [-0.15, -0.1) is 11.3 Å². The summed E-state index contributed by atoms with van der Waals surface area (Å²) in [5, 5.41) is 6.39. The zero-order valence-corrected chi connectivity index (χ0v) is 29.6. The lowest BCUT2D eigenvalue weighted by atomic mass is 9.97. The minimum atomic E-state index is 1.15. The van der Waals surface area contributed by atoms with Crippen LogP contribution in [-0.2, 0) is 0 Å². The van der Waals surface area contributed by atoms with Gasteiger partial charge in [-0.2, -0.15) is 0 Å². The van der Waals surface area contributed by atoms with E-state index in [1.165, 1.54) is 86.3 Å². The number of hydrogen-bond acceptors (Lipinski definition) is 1. The Labute approximate surface area is 311 Å². The quantitative estimate of drug-likeness (QED) is 0.170. The highest BCUT2D eigenvalue weighted by atomic mass is 32.1. The molecule has 248 valence electrons. The van der Waals surface area contributed by atoms with Crippen LogP contribution in [0.2, 0.25) is 0 Å². The molecule has 0 spiro atoms. The third-order valence-electron chi connectivity index (χ3n) is 10.8. The van der Waals surface area contributed by atoms with Gasteiger partial charge in [0.15, 0.2) is 0 Å². The van der Waals surface area contributed by atoms with Crippen LogP contribution in [0.25, 0.3) is 97.6 Å².